The average Bonchev–Trinajstić information content (AvgIpc) is 2.50. The second-order valence-electron chi connectivity index (χ2n) is 2.59. The van der Waals surface area contributed by atoms with Crippen molar-refractivity contribution in [2.24, 2.45) is 0 Å². The first kappa shape index (κ1) is 9.76. The van der Waals surface area contributed by atoms with Gasteiger partial charge in [0.25, 0.3) is 0 Å². The standard InChI is InChI=1S/C10H7NS.CH4/c11-6-5-8-7-12-10-4-2-1-3-9(8)10;/h1-4,7H,5H2;1H4. The number of benzene rings is 1. The second kappa shape index (κ2) is 4.06. The third-order valence-corrected chi connectivity index (χ3v) is 2.84. The monoisotopic (exact) mass is 189 g/mol. The van der Waals surface area contributed by atoms with E-state index in [1.54, 1.807) is 11.3 Å². The molecule has 13 heavy (non-hydrogen) atoms. The van der Waals surface area contributed by atoms with Gasteiger partial charge in [-0.05, 0) is 22.4 Å². The van der Waals surface area contributed by atoms with Crippen molar-refractivity contribution >= 4 is 21.4 Å². The summed E-state index contributed by atoms with van der Waals surface area (Å²) in [6.07, 6.45) is 0.518. The Morgan fingerprint density at radius 3 is 2.85 bits per heavy atom. The number of fused-ring (bicyclic) bond motifs is 1. The fourth-order valence-electron chi connectivity index (χ4n) is 1.25. The highest BCUT2D eigenvalue weighted by molar-refractivity contribution is 7.17. The van der Waals surface area contributed by atoms with E-state index in [0.717, 1.165) is 5.56 Å². The molecule has 0 saturated heterocycles. The van der Waals surface area contributed by atoms with Crippen LogP contribution in [0.5, 0.6) is 0 Å². The molecule has 1 heterocycles. The van der Waals surface area contributed by atoms with Crippen LogP contribution in [0.25, 0.3) is 10.1 Å². The van der Waals surface area contributed by atoms with Gasteiger partial charge in [-0.2, -0.15) is 5.26 Å². The van der Waals surface area contributed by atoms with Crippen LogP contribution in [-0.4, -0.2) is 0 Å². The Morgan fingerprint density at radius 1 is 1.31 bits per heavy atom. The van der Waals surface area contributed by atoms with Gasteiger partial charge in [0.05, 0.1) is 12.5 Å². The number of nitriles is 1. The summed E-state index contributed by atoms with van der Waals surface area (Å²) in [5, 5.41) is 11.8. The van der Waals surface area contributed by atoms with E-state index in [0.29, 0.717) is 6.42 Å². The molecule has 0 fully saturated rings. The quantitative estimate of drug-likeness (QED) is 0.672. The van der Waals surface area contributed by atoms with Gasteiger partial charge in [0.15, 0.2) is 0 Å². The molecule has 0 atom stereocenters. The summed E-state index contributed by atoms with van der Waals surface area (Å²) in [6, 6.07) is 10.4. The first-order chi connectivity index (χ1) is 5.92. The Bertz CT molecular complexity index is 437. The van der Waals surface area contributed by atoms with E-state index in [1.807, 2.05) is 12.1 Å². The summed E-state index contributed by atoms with van der Waals surface area (Å²) in [4.78, 5) is 0. The molecular weight excluding hydrogens is 178 g/mol. The van der Waals surface area contributed by atoms with Crippen molar-refractivity contribution < 1.29 is 0 Å². The van der Waals surface area contributed by atoms with Crippen LogP contribution in [-0.2, 0) is 6.42 Å². The lowest BCUT2D eigenvalue weighted by Gasteiger charge is -1.89. The van der Waals surface area contributed by atoms with Gasteiger partial charge in [0, 0.05) is 4.70 Å². The Hall–Kier alpha value is -1.33. The Kier molecular flexibility index (Phi) is 3.05. The van der Waals surface area contributed by atoms with Crippen molar-refractivity contribution in [3.05, 3.63) is 35.2 Å². The third-order valence-electron chi connectivity index (χ3n) is 1.83. The number of rotatable bonds is 1. The van der Waals surface area contributed by atoms with Gasteiger partial charge in [-0.25, -0.2) is 0 Å². The van der Waals surface area contributed by atoms with Crippen LogP contribution in [0.3, 0.4) is 0 Å². The zero-order valence-corrected chi connectivity index (χ0v) is 7.27. The maximum absolute atomic E-state index is 8.55. The first-order valence-corrected chi connectivity index (χ1v) is 4.62. The molecule has 0 saturated carbocycles. The summed E-state index contributed by atoms with van der Waals surface area (Å²) >= 11 is 1.70. The van der Waals surface area contributed by atoms with Gasteiger partial charge >= 0.3 is 0 Å². The van der Waals surface area contributed by atoms with Gasteiger partial charge in [-0.3, -0.25) is 0 Å². The Balaban J connectivity index is 0.000000845. The minimum absolute atomic E-state index is 0. The molecule has 0 amide bonds. The van der Waals surface area contributed by atoms with E-state index in [9.17, 15) is 0 Å². The topological polar surface area (TPSA) is 23.8 Å². The summed E-state index contributed by atoms with van der Waals surface area (Å²) in [7, 11) is 0. The lowest BCUT2D eigenvalue weighted by Crippen LogP contribution is -1.75. The molecule has 1 nitrogen and oxygen atoms in total. The smallest absolute Gasteiger partial charge is 0.0670 e. The highest BCUT2D eigenvalue weighted by Gasteiger charge is 2.00. The lowest BCUT2D eigenvalue weighted by molar-refractivity contribution is 1.30. The van der Waals surface area contributed by atoms with Gasteiger partial charge in [-0.15, -0.1) is 11.3 Å². The van der Waals surface area contributed by atoms with Crippen LogP contribution in [0.2, 0.25) is 0 Å². The fraction of sp³-hybridized carbons (Fsp3) is 0.182. The number of hydrogen-bond donors (Lipinski definition) is 0. The highest BCUT2D eigenvalue weighted by Crippen LogP contribution is 2.25. The fourth-order valence-corrected chi connectivity index (χ4v) is 2.22. The van der Waals surface area contributed by atoms with E-state index < -0.39 is 0 Å². The van der Waals surface area contributed by atoms with Crippen LogP contribution in [0.1, 0.15) is 13.0 Å². The maximum Gasteiger partial charge on any atom is 0.0670 e. The SMILES string of the molecule is C.N#CCc1csc2ccccc12. The van der Waals surface area contributed by atoms with E-state index >= 15 is 0 Å². The molecule has 0 spiro atoms. The largest absolute Gasteiger partial charge is 0.198 e. The average molecular weight is 189 g/mol. The molecule has 0 radical (unpaired) electrons. The Labute approximate surface area is 82.2 Å². The predicted octanol–water partition coefficient (Wildman–Crippen LogP) is 3.60. The molecule has 1 aromatic carbocycles. The molecular formula is C11H11NS. The van der Waals surface area contributed by atoms with Crippen molar-refractivity contribution in [1.82, 2.24) is 0 Å². The number of thiophene rings is 1. The normalized spacial score (nSPS) is 9.15. The van der Waals surface area contributed by atoms with Gasteiger partial charge in [-0.1, -0.05) is 25.6 Å². The van der Waals surface area contributed by atoms with Crippen molar-refractivity contribution in [2.45, 2.75) is 13.8 Å². The zero-order valence-electron chi connectivity index (χ0n) is 6.45. The third kappa shape index (κ3) is 1.71. The molecule has 66 valence electrons. The highest BCUT2D eigenvalue weighted by atomic mass is 32.1. The molecule has 0 aliphatic rings. The van der Waals surface area contributed by atoms with Crippen molar-refractivity contribution in [1.29, 1.82) is 5.26 Å². The number of hydrogen-bond acceptors (Lipinski definition) is 2. The summed E-state index contributed by atoms with van der Waals surface area (Å²) in [6.45, 7) is 0. The van der Waals surface area contributed by atoms with E-state index in [1.165, 1.54) is 10.1 Å². The number of nitrogens with zero attached hydrogens (tertiary/aromatic N) is 1. The van der Waals surface area contributed by atoms with Crippen molar-refractivity contribution in [3.63, 3.8) is 0 Å². The Morgan fingerprint density at radius 2 is 2.08 bits per heavy atom. The van der Waals surface area contributed by atoms with E-state index in [-0.39, 0.29) is 7.43 Å². The molecule has 2 heteroatoms. The molecule has 0 N–H and O–H groups in total. The van der Waals surface area contributed by atoms with Crippen LogP contribution in [0.15, 0.2) is 29.6 Å². The molecule has 2 aromatic rings. The maximum atomic E-state index is 8.55. The molecule has 0 aliphatic carbocycles. The first-order valence-electron chi connectivity index (χ1n) is 3.74. The van der Waals surface area contributed by atoms with E-state index in [4.69, 9.17) is 5.26 Å². The van der Waals surface area contributed by atoms with Crippen LogP contribution in [0.4, 0.5) is 0 Å². The lowest BCUT2D eigenvalue weighted by atomic mass is 10.1. The second-order valence-corrected chi connectivity index (χ2v) is 3.50. The predicted molar refractivity (Wildman–Crippen MR) is 57.9 cm³/mol. The van der Waals surface area contributed by atoms with Crippen molar-refractivity contribution in [2.75, 3.05) is 0 Å². The molecule has 2 rings (SSSR count). The van der Waals surface area contributed by atoms with E-state index in [2.05, 4.69) is 23.6 Å². The summed E-state index contributed by atoms with van der Waals surface area (Å²) in [5.41, 5.74) is 1.15. The van der Waals surface area contributed by atoms with Gasteiger partial charge in [0.1, 0.15) is 0 Å². The van der Waals surface area contributed by atoms with Crippen LogP contribution < -0.4 is 0 Å². The minimum Gasteiger partial charge on any atom is -0.198 e. The molecule has 1 aromatic heterocycles. The van der Waals surface area contributed by atoms with Gasteiger partial charge < -0.3 is 0 Å². The zero-order chi connectivity index (χ0) is 8.39. The van der Waals surface area contributed by atoms with Crippen LogP contribution in [0, 0.1) is 11.3 Å². The molecule has 0 aliphatic heterocycles. The summed E-state index contributed by atoms with van der Waals surface area (Å²) < 4.78 is 1.27. The molecule has 0 bridgehead atoms. The molecule has 0 unspecified atom stereocenters. The summed E-state index contributed by atoms with van der Waals surface area (Å²) in [5.74, 6) is 0. The minimum atomic E-state index is 0. The van der Waals surface area contributed by atoms with Crippen LogP contribution >= 0.6 is 11.3 Å². The van der Waals surface area contributed by atoms with Crippen molar-refractivity contribution in [3.8, 4) is 6.07 Å². The van der Waals surface area contributed by atoms with Gasteiger partial charge in [0.2, 0.25) is 0 Å².